The number of amides is 1. The summed E-state index contributed by atoms with van der Waals surface area (Å²) >= 11 is 6.16. The van der Waals surface area contributed by atoms with Crippen molar-refractivity contribution in [1.29, 1.82) is 0 Å². The standard InChI is InChI=1S/C24H33ClN2O3S/c1-18(17-24(3,4)20-11-7-6-8-12-20)26-23(28)15-10-16-27(31(5,29)30)22-14-9-13-21(25)19(22)2/h6-9,11-14,18H,10,15-17H2,1-5H3,(H,26,28)/t18-/m1/s1. The summed E-state index contributed by atoms with van der Waals surface area (Å²) in [5.41, 5.74) is 2.42. The van der Waals surface area contributed by atoms with Crippen molar-refractivity contribution < 1.29 is 13.2 Å². The summed E-state index contributed by atoms with van der Waals surface area (Å²) < 4.78 is 26.0. The minimum Gasteiger partial charge on any atom is -0.354 e. The Hall–Kier alpha value is -2.05. The molecule has 1 atom stereocenters. The van der Waals surface area contributed by atoms with E-state index < -0.39 is 10.0 Å². The Morgan fingerprint density at radius 3 is 2.39 bits per heavy atom. The molecule has 0 spiro atoms. The maximum absolute atomic E-state index is 12.5. The summed E-state index contributed by atoms with van der Waals surface area (Å²) in [7, 11) is -3.49. The van der Waals surface area contributed by atoms with Gasteiger partial charge in [0, 0.05) is 24.0 Å². The number of hydrogen-bond donors (Lipinski definition) is 1. The van der Waals surface area contributed by atoms with Crippen LogP contribution in [0, 0.1) is 6.92 Å². The quantitative estimate of drug-likeness (QED) is 0.534. The van der Waals surface area contributed by atoms with Crippen LogP contribution >= 0.6 is 11.6 Å². The highest BCUT2D eigenvalue weighted by molar-refractivity contribution is 7.92. The van der Waals surface area contributed by atoms with Crippen LogP contribution in [-0.2, 0) is 20.2 Å². The smallest absolute Gasteiger partial charge is 0.232 e. The van der Waals surface area contributed by atoms with Gasteiger partial charge in [-0.1, -0.05) is 61.8 Å². The highest BCUT2D eigenvalue weighted by Gasteiger charge is 2.24. The van der Waals surface area contributed by atoms with Gasteiger partial charge in [0.15, 0.2) is 0 Å². The summed E-state index contributed by atoms with van der Waals surface area (Å²) in [5, 5.41) is 3.56. The van der Waals surface area contributed by atoms with Crippen LogP contribution in [0.2, 0.25) is 5.02 Å². The van der Waals surface area contributed by atoms with Gasteiger partial charge in [-0.05, 0) is 55.4 Å². The van der Waals surface area contributed by atoms with E-state index in [0.717, 1.165) is 6.42 Å². The molecular formula is C24H33ClN2O3S. The Morgan fingerprint density at radius 2 is 1.77 bits per heavy atom. The first-order valence-electron chi connectivity index (χ1n) is 10.5. The molecule has 0 aromatic heterocycles. The van der Waals surface area contributed by atoms with Crippen molar-refractivity contribution in [2.75, 3.05) is 17.1 Å². The van der Waals surface area contributed by atoms with Gasteiger partial charge < -0.3 is 5.32 Å². The summed E-state index contributed by atoms with van der Waals surface area (Å²) in [6.07, 6.45) is 2.64. The summed E-state index contributed by atoms with van der Waals surface area (Å²) in [5.74, 6) is -0.0763. The van der Waals surface area contributed by atoms with Crippen molar-refractivity contribution in [3.05, 3.63) is 64.7 Å². The van der Waals surface area contributed by atoms with Gasteiger partial charge in [0.2, 0.25) is 15.9 Å². The summed E-state index contributed by atoms with van der Waals surface area (Å²) in [4.78, 5) is 12.5. The number of sulfonamides is 1. The molecule has 31 heavy (non-hydrogen) atoms. The van der Waals surface area contributed by atoms with Crippen LogP contribution in [0.4, 0.5) is 5.69 Å². The first-order chi connectivity index (χ1) is 14.4. The molecule has 0 fully saturated rings. The molecule has 2 aromatic carbocycles. The lowest BCUT2D eigenvalue weighted by atomic mass is 9.79. The van der Waals surface area contributed by atoms with Crippen LogP contribution in [0.1, 0.15) is 51.2 Å². The van der Waals surface area contributed by atoms with E-state index in [1.165, 1.54) is 16.1 Å². The first kappa shape index (κ1) is 25.2. The van der Waals surface area contributed by atoms with Gasteiger partial charge >= 0.3 is 0 Å². The first-order valence-corrected chi connectivity index (χ1v) is 12.7. The van der Waals surface area contributed by atoms with E-state index in [0.29, 0.717) is 22.7 Å². The second-order valence-electron chi connectivity index (χ2n) is 8.75. The molecule has 0 unspecified atom stereocenters. The van der Waals surface area contributed by atoms with Crippen molar-refractivity contribution in [2.45, 2.75) is 58.4 Å². The van der Waals surface area contributed by atoms with E-state index in [2.05, 4.69) is 31.3 Å². The Bertz CT molecular complexity index is 991. The molecule has 0 bridgehead atoms. The van der Waals surface area contributed by atoms with E-state index in [1.54, 1.807) is 25.1 Å². The molecule has 5 nitrogen and oxygen atoms in total. The second kappa shape index (κ2) is 10.5. The number of hydrogen-bond acceptors (Lipinski definition) is 3. The van der Waals surface area contributed by atoms with Gasteiger partial charge in [-0.25, -0.2) is 8.42 Å². The average Bonchev–Trinajstić information content (AvgIpc) is 2.67. The largest absolute Gasteiger partial charge is 0.354 e. The lowest BCUT2D eigenvalue weighted by molar-refractivity contribution is -0.121. The Balaban J connectivity index is 1.93. The molecule has 0 saturated carbocycles. The summed E-state index contributed by atoms with van der Waals surface area (Å²) in [6, 6.07) is 15.4. The van der Waals surface area contributed by atoms with E-state index in [1.807, 2.05) is 25.1 Å². The van der Waals surface area contributed by atoms with Gasteiger partial charge in [0.25, 0.3) is 0 Å². The number of anilines is 1. The predicted molar refractivity (Wildman–Crippen MR) is 129 cm³/mol. The SMILES string of the molecule is Cc1c(Cl)cccc1N(CCCC(=O)N[C@H](C)CC(C)(C)c1ccccc1)S(C)(=O)=O. The van der Waals surface area contributed by atoms with Crippen molar-refractivity contribution >= 4 is 33.2 Å². The van der Waals surface area contributed by atoms with Crippen LogP contribution < -0.4 is 9.62 Å². The summed E-state index contributed by atoms with van der Waals surface area (Å²) in [6.45, 7) is 8.35. The zero-order valence-corrected chi connectivity index (χ0v) is 20.6. The number of halogens is 1. The molecule has 0 radical (unpaired) electrons. The molecule has 2 aromatic rings. The highest BCUT2D eigenvalue weighted by Crippen LogP contribution is 2.29. The molecular weight excluding hydrogens is 432 g/mol. The predicted octanol–water partition coefficient (Wildman–Crippen LogP) is 5.07. The molecule has 0 heterocycles. The number of nitrogens with zero attached hydrogens (tertiary/aromatic N) is 1. The number of nitrogens with one attached hydrogen (secondary N) is 1. The van der Waals surface area contributed by atoms with E-state index >= 15 is 0 Å². The van der Waals surface area contributed by atoms with Crippen LogP contribution in [0.5, 0.6) is 0 Å². The van der Waals surface area contributed by atoms with Crippen molar-refractivity contribution in [2.24, 2.45) is 0 Å². The molecule has 1 N–H and O–H groups in total. The van der Waals surface area contributed by atoms with Crippen molar-refractivity contribution in [3.8, 4) is 0 Å². The van der Waals surface area contributed by atoms with Crippen molar-refractivity contribution in [3.63, 3.8) is 0 Å². The maximum atomic E-state index is 12.5. The van der Waals surface area contributed by atoms with Gasteiger partial charge in [-0.3, -0.25) is 9.10 Å². The van der Waals surface area contributed by atoms with Gasteiger partial charge in [0.05, 0.1) is 11.9 Å². The van der Waals surface area contributed by atoms with Crippen LogP contribution in [-0.4, -0.2) is 33.2 Å². The third kappa shape index (κ3) is 7.25. The molecule has 0 aliphatic rings. The van der Waals surface area contributed by atoms with Crippen LogP contribution in [0.25, 0.3) is 0 Å². The number of carbonyl (C=O) groups excluding carboxylic acids is 1. The molecule has 0 aliphatic heterocycles. The zero-order valence-electron chi connectivity index (χ0n) is 19.0. The fraction of sp³-hybridized carbons (Fsp3) is 0.458. The van der Waals surface area contributed by atoms with E-state index in [4.69, 9.17) is 11.6 Å². The highest BCUT2D eigenvalue weighted by atomic mass is 35.5. The van der Waals surface area contributed by atoms with Gasteiger partial charge in [0.1, 0.15) is 0 Å². The van der Waals surface area contributed by atoms with E-state index in [-0.39, 0.29) is 30.3 Å². The molecule has 2 rings (SSSR count). The fourth-order valence-electron chi connectivity index (χ4n) is 3.89. The lowest BCUT2D eigenvalue weighted by Crippen LogP contribution is -2.38. The molecule has 0 saturated heterocycles. The fourth-order valence-corrected chi connectivity index (χ4v) is 5.07. The minimum absolute atomic E-state index is 0.00360. The lowest BCUT2D eigenvalue weighted by Gasteiger charge is -2.29. The average molecular weight is 465 g/mol. The Kier molecular flexibility index (Phi) is 8.55. The normalized spacial score (nSPS) is 13.0. The second-order valence-corrected chi connectivity index (χ2v) is 11.1. The van der Waals surface area contributed by atoms with Crippen LogP contribution in [0.3, 0.4) is 0 Å². The topological polar surface area (TPSA) is 66.5 Å². The maximum Gasteiger partial charge on any atom is 0.232 e. The van der Waals surface area contributed by atoms with Crippen molar-refractivity contribution in [1.82, 2.24) is 5.32 Å². The number of benzene rings is 2. The monoisotopic (exact) mass is 464 g/mol. The molecule has 0 aliphatic carbocycles. The number of carbonyl (C=O) groups is 1. The molecule has 170 valence electrons. The Labute approximate surface area is 191 Å². The Morgan fingerprint density at radius 1 is 1.13 bits per heavy atom. The third-order valence-electron chi connectivity index (χ3n) is 5.45. The van der Waals surface area contributed by atoms with Gasteiger partial charge in [-0.2, -0.15) is 0 Å². The van der Waals surface area contributed by atoms with Crippen LogP contribution in [0.15, 0.2) is 48.5 Å². The molecule has 7 heteroatoms. The number of rotatable bonds is 10. The third-order valence-corrected chi connectivity index (χ3v) is 7.04. The van der Waals surface area contributed by atoms with E-state index in [9.17, 15) is 13.2 Å². The molecule has 1 amide bonds. The van der Waals surface area contributed by atoms with Gasteiger partial charge in [-0.15, -0.1) is 0 Å². The minimum atomic E-state index is -3.49. The zero-order chi connectivity index (χ0) is 23.2.